The maximum atomic E-state index is 13.0. The van der Waals surface area contributed by atoms with Crippen molar-refractivity contribution in [2.24, 2.45) is 0 Å². The average molecular weight is 417 g/mol. The number of rotatable bonds is 7. The van der Waals surface area contributed by atoms with Crippen molar-refractivity contribution in [3.63, 3.8) is 0 Å². The Morgan fingerprint density at radius 2 is 1.69 bits per heavy atom. The van der Waals surface area contributed by atoms with Crippen LogP contribution in [0.15, 0.2) is 46.1 Å². The van der Waals surface area contributed by atoms with Crippen LogP contribution in [0.5, 0.6) is 11.5 Å². The fourth-order valence-electron chi connectivity index (χ4n) is 2.98. The Hall–Kier alpha value is -2.91. The number of aromatic nitrogens is 2. The van der Waals surface area contributed by atoms with Crippen molar-refractivity contribution in [3.05, 3.63) is 58.1 Å². The molecule has 0 saturated heterocycles. The number of aryl methyl sites for hydroxylation is 1. The summed E-state index contributed by atoms with van der Waals surface area (Å²) in [6.07, 6.45) is 0. The summed E-state index contributed by atoms with van der Waals surface area (Å²) in [6, 6.07) is 9.78. The van der Waals surface area contributed by atoms with E-state index in [2.05, 4.69) is 9.97 Å². The molecule has 1 N–H and O–H groups in total. The molecule has 29 heavy (non-hydrogen) atoms. The molecule has 9 heteroatoms. The predicted octanol–water partition coefficient (Wildman–Crippen LogP) is 2.46. The molecule has 0 aliphatic rings. The van der Waals surface area contributed by atoms with E-state index in [1.54, 1.807) is 43.3 Å². The Kier molecular flexibility index (Phi) is 5.90. The number of benzene rings is 2. The van der Waals surface area contributed by atoms with Gasteiger partial charge in [0.05, 0.1) is 36.6 Å². The van der Waals surface area contributed by atoms with E-state index < -0.39 is 10.0 Å². The van der Waals surface area contributed by atoms with Crippen LogP contribution in [0, 0.1) is 6.92 Å². The summed E-state index contributed by atoms with van der Waals surface area (Å²) < 4.78 is 37.7. The molecule has 3 aromatic rings. The summed E-state index contributed by atoms with van der Waals surface area (Å²) in [5.41, 5.74) is 0.983. The molecule has 0 aliphatic carbocycles. The average Bonchev–Trinajstić information content (AvgIpc) is 2.71. The molecule has 0 amide bonds. The number of methoxy groups -OCH3 is 2. The smallest absolute Gasteiger partial charge is 0.258 e. The lowest BCUT2D eigenvalue weighted by Gasteiger charge is -2.20. The molecular weight excluding hydrogens is 394 g/mol. The molecular formula is C20H23N3O5S. The van der Waals surface area contributed by atoms with E-state index in [0.717, 1.165) is 5.56 Å². The molecule has 2 aromatic carbocycles. The van der Waals surface area contributed by atoms with Gasteiger partial charge in [-0.2, -0.15) is 4.31 Å². The molecule has 0 saturated carbocycles. The van der Waals surface area contributed by atoms with Gasteiger partial charge in [-0.25, -0.2) is 13.4 Å². The molecule has 0 fully saturated rings. The number of H-pyrrole nitrogens is 1. The summed E-state index contributed by atoms with van der Waals surface area (Å²) in [4.78, 5) is 19.8. The lowest BCUT2D eigenvalue weighted by atomic mass is 10.2. The molecule has 3 rings (SSSR count). The highest BCUT2D eigenvalue weighted by Crippen LogP contribution is 2.30. The zero-order valence-corrected chi connectivity index (χ0v) is 17.5. The van der Waals surface area contributed by atoms with E-state index in [1.807, 2.05) is 6.92 Å². The van der Waals surface area contributed by atoms with Crippen molar-refractivity contribution >= 4 is 20.9 Å². The van der Waals surface area contributed by atoms with Crippen LogP contribution in [0.1, 0.15) is 18.3 Å². The summed E-state index contributed by atoms with van der Waals surface area (Å²) in [5.74, 6) is 1.09. The minimum absolute atomic E-state index is 0.0633. The fraction of sp³-hybridized carbons (Fsp3) is 0.300. The molecule has 1 aromatic heterocycles. The Morgan fingerprint density at radius 1 is 1.07 bits per heavy atom. The monoisotopic (exact) mass is 417 g/mol. The highest BCUT2D eigenvalue weighted by atomic mass is 32.2. The number of ether oxygens (including phenoxy) is 2. The minimum Gasteiger partial charge on any atom is -0.493 e. The third-order valence-corrected chi connectivity index (χ3v) is 6.53. The van der Waals surface area contributed by atoms with E-state index in [9.17, 15) is 13.2 Å². The van der Waals surface area contributed by atoms with Gasteiger partial charge >= 0.3 is 0 Å². The van der Waals surface area contributed by atoms with Crippen LogP contribution in [0.25, 0.3) is 10.9 Å². The van der Waals surface area contributed by atoms with Crippen molar-refractivity contribution in [3.8, 4) is 11.5 Å². The summed E-state index contributed by atoms with van der Waals surface area (Å²) >= 11 is 0. The fourth-order valence-corrected chi connectivity index (χ4v) is 4.39. The van der Waals surface area contributed by atoms with Crippen LogP contribution in [-0.2, 0) is 16.6 Å². The number of sulfonamides is 1. The van der Waals surface area contributed by atoms with Gasteiger partial charge in [0.15, 0.2) is 11.5 Å². The first-order valence-electron chi connectivity index (χ1n) is 9.02. The lowest BCUT2D eigenvalue weighted by Crippen LogP contribution is -2.32. The van der Waals surface area contributed by atoms with E-state index in [1.165, 1.54) is 18.5 Å². The highest BCUT2D eigenvalue weighted by Gasteiger charge is 2.24. The third kappa shape index (κ3) is 4.10. The van der Waals surface area contributed by atoms with Gasteiger partial charge in [-0.05, 0) is 25.1 Å². The van der Waals surface area contributed by atoms with Crippen molar-refractivity contribution in [2.75, 3.05) is 20.8 Å². The van der Waals surface area contributed by atoms with Crippen LogP contribution in [0.2, 0.25) is 0 Å². The molecule has 154 valence electrons. The zero-order chi connectivity index (χ0) is 21.2. The minimum atomic E-state index is -3.73. The van der Waals surface area contributed by atoms with E-state index in [-0.39, 0.29) is 29.4 Å². The maximum Gasteiger partial charge on any atom is 0.258 e. The van der Waals surface area contributed by atoms with Gasteiger partial charge in [0.2, 0.25) is 10.0 Å². The second-order valence-corrected chi connectivity index (χ2v) is 8.42. The van der Waals surface area contributed by atoms with Crippen LogP contribution in [-0.4, -0.2) is 43.5 Å². The van der Waals surface area contributed by atoms with Gasteiger partial charge in [0.1, 0.15) is 5.82 Å². The first-order chi connectivity index (χ1) is 13.8. The second kappa shape index (κ2) is 8.22. The molecule has 0 atom stereocenters. The van der Waals surface area contributed by atoms with Crippen molar-refractivity contribution in [1.82, 2.24) is 14.3 Å². The second-order valence-electron chi connectivity index (χ2n) is 6.48. The van der Waals surface area contributed by atoms with Crippen molar-refractivity contribution in [2.45, 2.75) is 25.3 Å². The largest absolute Gasteiger partial charge is 0.493 e. The SMILES string of the molecule is CCN(Cc1nc2cc(OC)c(OC)cc2c(=O)[nH]1)S(=O)(=O)c1ccc(C)cc1. The molecule has 8 nitrogen and oxygen atoms in total. The quantitative estimate of drug-likeness (QED) is 0.634. The van der Waals surface area contributed by atoms with Gasteiger partial charge in [0, 0.05) is 12.6 Å². The third-order valence-electron chi connectivity index (χ3n) is 4.60. The topological polar surface area (TPSA) is 102 Å². The lowest BCUT2D eigenvalue weighted by molar-refractivity contribution is 0.355. The normalized spacial score (nSPS) is 11.8. The molecule has 0 radical (unpaired) electrons. The molecule has 0 aliphatic heterocycles. The molecule has 0 bridgehead atoms. The standard InChI is InChI=1S/C20H23N3O5S/c1-5-23(29(25,26)14-8-6-13(2)7-9-14)12-19-21-16-11-18(28-4)17(27-3)10-15(16)20(24)22-19/h6-11H,5,12H2,1-4H3,(H,21,22,24). The molecule has 1 heterocycles. The van der Waals surface area contributed by atoms with E-state index in [4.69, 9.17) is 9.47 Å². The maximum absolute atomic E-state index is 13.0. The van der Waals surface area contributed by atoms with Gasteiger partial charge in [-0.15, -0.1) is 0 Å². The highest BCUT2D eigenvalue weighted by molar-refractivity contribution is 7.89. The van der Waals surface area contributed by atoms with Crippen LogP contribution in [0.4, 0.5) is 0 Å². The van der Waals surface area contributed by atoms with Gasteiger partial charge in [0.25, 0.3) is 5.56 Å². The van der Waals surface area contributed by atoms with E-state index >= 15 is 0 Å². The molecule has 0 spiro atoms. The number of nitrogens with one attached hydrogen (secondary N) is 1. The summed E-state index contributed by atoms with van der Waals surface area (Å²) in [5, 5.41) is 0.329. The Balaban J connectivity index is 2.01. The molecule has 0 unspecified atom stereocenters. The zero-order valence-electron chi connectivity index (χ0n) is 16.7. The Bertz CT molecular complexity index is 1190. The predicted molar refractivity (Wildman–Crippen MR) is 110 cm³/mol. The number of hydrogen-bond donors (Lipinski definition) is 1. The first-order valence-corrected chi connectivity index (χ1v) is 10.5. The van der Waals surface area contributed by atoms with E-state index in [0.29, 0.717) is 22.4 Å². The van der Waals surface area contributed by atoms with Crippen LogP contribution in [0.3, 0.4) is 0 Å². The number of nitrogens with zero attached hydrogens (tertiary/aromatic N) is 2. The number of hydrogen-bond acceptors (Lipinski definition) is 6. The summed E-state index contributed by atoms with van der Waals surface area (Å²) in [6.45, 7) is 3.79. The van der Waals surface area contributed by atoms with Gasteiger partial charge < -0.3 is 14.5 Å². The number of aromatic amines is 1. The van der Waals surface area contributed by atoms with Crippen molar-refractivity contribution in [1.29, 1.82) is 0 Å². The Labute approximate surface area is 169 Å². The van der Waals surface area contributed by atoms with Gasteiger partial charge in [-0.1, -0.05) is 24.6 Å². The van der Waals surface area contributed by atoms with Gasteiger partial charge in [-0.3, -0.25) is 4.79 Å². The number of fused-ring (bicyclic) bond motifs is 1. The first kappa shape index (κ1) is 20.8. The Morgan fingerprint density at radius 3 is 2.28 bits per heavy atom. The van der Waals surface area contributed by atoms with Crippen LogP contribution >= 0.6 is 0 Å². The van der Waals surface area contributed by atoms with Crippen molar-refractivity contribution < 1.29 is 17.9 Å². The van der Waals surface area contributed by atoms with Crippen LogP contribution < -0.4 is 15.0 Å². The summed E-state index contributed by atoms with van der Waals surface area (Å²) in [7, 11) is -0.757.